The fourth-order valence-corrected chi connectivity index (χ4v) is 5.54. The van der Waals surface area contributed by atoms with Gasteiger partial charge in [0.25, 0.3) is 0 Å². The van der Waals surface area contributed by atoms with Crippen molar-refractivity contribution in [1.29, 1.82) is 0 Å². The lowest BCUT2D eigenvalue weighted by molar-refractivity contribution is 0.217. The predicted octanol–water partition coefficient (Wildman–Crippen LogP) is 4.66. The second kappa shape index (κ2) is 8.80. The summed E-state index contributed by atoms with van der Waals surface area (Å²) in [6.45, 7) is 6.42. The molecule has 0 aliphatic carbocycles. The van der Waals surface area contributed by atoms with Crippen molar-refractivity contribution in [2.45, 2.75) is 31.6 Å². The molecule has 6 nitrogen and oxygen atoms in total. The minimum Gasteiger partial charge on any atom is -0.491 e. The second-order valence-corrected chi connectivity index (χ2v) is 11.1. The monoisotopic (exact) mass is 463 g/mol. The van der Waals surface area contributed by atoms with Crippen LogP contribution in [0.5, 0.6) is 5.75 Å². The number of nitrogens with one attached hydrogen (secondary N) is 1. The maximum Gasteiger partial charge on any atom is 0.178 e. The number of aromatic nitrogens is 2. The molecule has 4 aromatic rings. The third-order valence-corrected chi connectivity index (χ3v) is 8.21. The number of sulfone groups is 1. The van der Waals surface area contributed by atoms with E-state index in [4.69, 9.17) is 9.72 Å². The van der Waals surface area contributed by atoms with Gasteiger partial charge >= 0.3 is 0 Å². The smallest absolute Gasteiger partial charge is 0.178 e. The van der Waals surface area contributed by atoms with Crippen LogP contribution in [0.2, 0.25) is 0 Å². The second-order valence-electron chi connectivity index (χ2n) is 8.78. The zero-order valence-corrected chi connectivity index (χ0v) is 19.9. The van der Waals surface area contributed by atoms with Crippen molar-refractivity contribution >= 4 is 31.8 Å². The molecule has 1 N–H and O–H groups in total. The standard InChI is InChI=1S/C26H29N3O3S/c1-3-33(30,31)21-7-4-6-20(15-21)29-25-22(23-14-18(2)16-28-26(23)29)8-5-9-24(25)32-17-19-10-12-27-13-11-19/h4-9,14-16,19,27H,3,10-13,17H2,1-2H3. The normalized spacial score (nSPS) is 15.3. The number of benzene rings is 2. The highest BCUT2D eigenvalue weighted by Gasteiger charge is 2.21. The molecule has 3 heterocycles. The van der Waals surface area contributed by atoms with Gasteiger partial charge in [-0.05, 0) is 74.7 Å². The third-order valence-electron chi connectivity index (χ3n) is 6.48. The molecule has 0 spiro atoms. The summed E-state index contributed by atoms with van der Waals surface area (Å²) in [6, 6.07) is 15.3. The molecule has 0 radical (unpaired) electrons. The highest BCUT2D eigenvalue weighted by molar-refractivity contribution is 7.91. The first-order valence-corrected chi connectivity index (χ1v) is 13.2. The molecular weight excluding hydrogens is 434 g/mol. The first kappa shape index (κ1) is 21.9. The summed E-state index contributed by atoms with van der Waals surface area (Å²) in [5.41, 5.74) is 3.55. The third kappa shape index (κ3) is 4.11. The Morgan fingerprint density at radius 3 is 2.67 bits per heavy atom. The van der Waals surface area contributed by atoms with E-state index in [1.807, 2.05) is 35.9 Å². The molecule has 0 bridgehead atoms. The topological polar surface area (TPSA) is 73.2 Å². The number of rotatable bonds is 6. The Balaban J connectivity index is 1.70. The minimum absolute atomic E-state index is 0.0612. The van der Waals surface area contributed by atoms with Crippen molar-refractivity contribution in [3.8, 4) is 11.4 Å². The minimum atomic E-state index is -3.33. The average Bonchev–Trinajstić information content (AvgIpc) is 3.17. The molecule has 0 unspecified atom stereocenters. The lowest BCUT2D eigenvalue weighted by atomic mass is 9.99. The van der Waals surface area contributed by atoms with Crippen LogP contribution in [0.15, 0.2) is 59.6 Å². The number of hydrogen-bond acceptors (Lipinski definition) is 5. The van der Waals surface area contributed by atoms with E-state index in [1.54, 1.807) is 25.1 Å². The number of pyridine rings is 1. The molecule has 1 aliphatic heterocycles. The molecule has 172 valence electrons. The molecule has 1 saturated heterocycles. The highest BCUT2D eigenvalue weighted by Crippen LogP contribution is 2.37. The fraction of sp³-hybridized carbons (Fsp3) is 0.346. The quantitative estimate of drug-likeness (QED) is 0.450. The Morgan fingerprint density at radius 1 is 1.09 bits per heavy atom. The summed E-state index contributed by atoms with van der Waals surface area (Å²) in [5.74, 6) is 1.38. The van der Waals surface area contributed by atoms with E-state index in [0.717, 1.165) is 64.9 Å². The van der Waals surface area contributed by atoms with Crippen LogP contribution >= 0.6 is 0 Å². The number of nitrogens with zero attached hydrogens (tertiary/aromatic N) is 2. The van der Waals surface area contributed by atoms with E-state index >= 15 is 0 Å². The molecule has 0 amide bonds. The average molecular weight is 464 g/mol. The van der Waals surface area contributed by atoms with Crippen LogP contribution in [0.3, 0.4) is 0 Å². The number of para-hydroxylation sites is 1. The molecule has 0 atom stereocenters. The molecule has 2 aromatic heterocycles. The molecular formula is C26H29N3O3S. The van der Waals surface area contributed by atoms with E-state index in [-0.39, 0.29) is 5.75 Å². The highest BCUT2D eigenvalue weighted by atomic mass is 32.2. The Bertz CT molecular complexity index is 1420. The maximum absolute atomic E-state index is 12.6. The molecule has 2 aromatic carbocycles. The number of fused-ring (bicyclic) bond motifs is 3. The van der Waals surface area contributed by atoms with Crippen molar-refractivity contribution in [3.05, 3.63) is 60.3 Å². The van der Waals surface area contributed by atoms with Crippen molar-refractivity contribution in [3.63, 3.8) is 0 Å². The summed E-state index contributed by atoms with van der Waals surface area (Å²) in [4.78, 5) is 5.06. The maximum atomic E-state index is 12.6. The van der Waals surface area contributed by atoms with E-state index in [2.05, 4.69) is 17.4 Å². The van der Waals surface area contributed by atoms with Crippen molar-refractivity contribution < 1.29 is 13.2 Å². The zero-order chi connectivity index (χ0) is 23.0. The van der Waals surface area contributed by atoms with Gasteiger partial charge in [0.05, 0.1) is 22.8 Å². The van der Waals surface area contributed by atoms with Gasteiger partial charge in [-0.15, -0.1) is 0 Å². The Labute approximate surface area is 194 Å². The molecule has 1 fully saturated rings. The van der Waals surface area contributed by atoms with E-state index in [1.165, 1.54) is 0 Å². The summed E-state index contributed by atoms with van der Waals surface area (Å²) < 4.78 is 33.6. The van der Waals surface area contributed by atoms with Gasteiger partial charge in [-0.1, -0.05) is 25.1 Å². The van der Waals surface area contributed by atoms with Gasteiger partial charge in [-0.3, -0.25) is 4.57 Å². The van der Waals surface area contributed by atoms with E-state index in [9.17, 15) is 8.42 Å². The number of aryl methyl sites for hydroxylation is 1. The zero-order valence-electron chi connectivity index (χ0n) is 19.0. The largest absolute Gasteiger partial charge is 0.491 e. The van der Waals surface area contributed by atoms with Gasteiger partial charge in [-0.2, -0.15) is 0 Å². The van der Waals surface area contributed by atoms with Crippen LogP contribution in [-0.2, 0) is 9.84 Å². The Hall–Kier alpha value is -2.90. The van der Waals surface area contributed by atoms with Crippen LogP contribution in [0, 0.1) is 12.8 Å². The molecule has 7 heteroatoms. The van der Waals surface area contributed by atoms with Gasteiger partial charge < -0.3 is 10.1 Å². The molecule has 1 aliphatic rings. The number of piperidine rings is 1. The molecule has 5 rings (SSSR count). The van der Waals surface area contributed by atoms with Crippen LogP contribution in [-0.4, -0.2) is 43.4 Å². The van der Waals surface area contributed by atoms with Gasteiger partial charge in [0, 0.05) is 22.7 Å². The van der Waals surface area contributed by atoms with Crippen LogP contribution < -0.4 is 10.1 Å². The van der Waals surface area contributed by atoms with E-state index in [0.29, 0.717) is 17.4 Å². The first-order valence-electron chi connectivity index (χ1n) is 11.5. The van der Waals surface area contributed by atoms with Crippen molar-refractivity contribution in [2.24, 2.45) is 5.92 Å². The molecule has 33 heavy (non-hydrogen) atoms. The summed E-state index contributed by atoms with van der Waals surface area (Å²) >= 11 is 0. The van der Waals surface area contributed by atoms with Crippen molar-refractivity contribution in [1.82, 2.24) is 14.9 Å². The Morgan fingerprint density at radius 2 is 1.88 bits per heavy atom. The number of hydrogen-bond donors (Lipinski definition) is 1. The van der Waals surface area contributed by atoms with Crippen LogP contribution in [0.25, 0.3) is 27.6 Å². The first-order chi connectivity index (χ1) is 16.0. The molecule has 0 saturated carbocycles. The predicted molar refractivity (Wildman–Crippen MR) is 132 cm³/mol. The van der Waals surface area contributed by atoms with Gasteiger partial charge in [-0.25, -0.2) is 13.4 Å². The van der Waals surface area contributed by atoms with Crippen LogP contribution in [0.4, 0.5) is 0 Å². The van der Waals surface area contributed by atoms with Gasteiger partial charge in [0.15, 0.2) is 9.84 Å². The fourth-order valence-electron chi connectivity index (χ4n) is 4.62. The van der Waals surface area contributed by atoms with Gasteiger partial charge in [0.2, 0.25) is 0 Å². The van der Waals surface area contributed by atoms with Gasteiger partial charge in [0.1, 0.15) is 11.4 Å². The summed E-state index contributed by atoms with van der Waals surface area (Å²) in [7, 11) is -3.33. The number of ether oxygens (including phenoxy) is 1. The van der Waals surface area contributed by atoms with Crippen LogP contribution in [0.1, 0.15) is 25.3 Å². The summed E-state index contributed by atoms with van der Waals surface area (Å²) in [5, 5.41) is 5.48. The Kier molecular flexibility index (Phi) is 5.85. The summed E-state index contributed by atoms with van der Waals surface area (Å²) in [6.07, 6.45) is 4.06. The van der Waals surface area contributed by atoms with E-state index < -0.39 is 9.84 Å². The lowest BCUT2D eigenvalue weighted by Gasteiger charge is -2.23. The lowest BCUT2D eigenvalue weighted by Crippen LogP contribution is -2.30. The van der Waals surface area contributed by atoms with Crippen molar-refractivity contribution in [2.75, 3.05) is 25.4 Å². The SMILES string of the molecule is CCS(=O)(=O)c1cccc(-n2c3ncc(C)cc3c3cccc(OCC4CCNCC4)c32)c1.